The molecule has 188 valence electrons. The number of hydrogen-bond acceptors (Lipinski definition) is 5. The van der Waals surface area contributed by atoms with Crippen molar-refractivity contribution in [2.24, 2.45) is 11.8 Å². The number of carbonyl (C=O) groups excluding carboxylic acids is 3. The first-order valence-electron chi connectivity index (χ1n) is 12.7. The second-order valence-corrected chi connectivity index (χ2v) is 10.4. The number of ether oxygens (including phenoxy) is 2. The van der Waals surface area contributed by atoms with Crippen LogP contribution in [-0.2, 0) is 23.9 Å². The molecule has 0 radical (unpaired) electrons. The van der Waals surface area contributed by atoms with Gasteiger partial charge >= 0.3 is 0 Å². The Kier molecular flexibility index (Phi) is 6.44. The number of rotatable bonds is 7. The van der Waals surface area contributed by atoms with Crippen molar-refractivity contribution in [3.63, 3.8) is 0 Å². The molecule has 3 aliphatic heterocycles. The van der Waals surface area contributed by atoms with E-state index in [9.17, 15) is 14.4 Å². The average molecular weight is 482 g/mol. The number of amides is 3. The summed E-state index contributed by atoms with van der Waals surface area (Å²) in [5, 5.41) is 6.17. The second-order valence-electron chi connectivity index (χ2n) is 10.4. The van der Waals surface area contributed by atoms with Crippen LogP contribution in [0.5, 0.6) is 0 Å². The Morgan fingerprint density at radius 1 is 1.14 bits per heavy atom. The minimum absolute atomic E-state index is 0.109. The number of anilines is 1. The van der Waals surface area contributed by atoms with E-state index >= 15 is 0 Å². The van der Waals surface area contributed by atoms with E-state index < -0.39 is 29.6 Å². The van der Waals surface area contributed by atoms with E-state index in [1.165, 1.54) is 6.42 Å². The zero-order chi connectivity index (χ0) is 24.7. The third-order valence-electron chi connectivity index (χ3n) is 8.19. The topological polar surface area (TPSA) is 97.0 Å². The van der Waals surface area contributed by atoms with Crippen LogP contribution in [0.4, 0.5) is 5.69 Å². The minimum Gasteiger partial charge on any atom is -0.383 e. The minimum atomic E-state index is -1.14. The van der Waals surface area contributed by atoms with Crippen molar-refractivity contribution in [2.45, 2.75) is 69.7 Å². The van der Waals surface area contributed by atoms with Crippen LogP contribution in [-0.4, -0.2) is 66.7 Å². The van der Waals surface area contributed by atoms with Gasteiger partial charge in [-0.25, -0.2) is 0 Å². The molecule has 35 heavy (non-hydrogen) atoms. The van der Waals surface area contributed by atoms with Gasteiger partial charge in [-0.3, -0.25) is 14.4 Å². The van der Waals surface area contributed by atoms with Gasteiger partial charge in [0.15, 0.2) is 0 Å². The van der Waals surface area contributed by atoms with Gasteiger partial charge < -0.3 is 25.0 Å². The highest BCUT2D eigenvalue weighted by atomic mass is 16.5. The summed E-state index contributed by atoms with van der Waals surface area (Å²) in [6.45, 7) is 4.58. The smallest absolute Gasteiger partial charge is 0.246 e. The van der Waals surface area contributed by atoms with Crippen molar-refractivity contribution < 1.29 is 23.9 Å². The number of nitrogens with one attached hydrogen (secondary N) is 2. The molecule has 1 spiro atoms. The molecular weight excluding hydrogens is 446 g/mol. The van der Waals surface area contributed by atoms with Crippen LogP contribution in [0.2, 0.25) is 0 Å². The first-order chi connectivity index (χ1) is 16.9. The van der Waals surface area contributed by atoms with E-state index in [2.05, 4.69) is 10.6 Å². The summed E-state index contributed by atoms with van der Waals surface area (Å²) >= 11 is 0. The number of hydrogen-bond donors (Lipinski definition) is 2. The molecule has 2 bridgehead atoms. The van der Waals surface area contributed by atoms with Crippen LogP contribution in [0.1, 0.15) is 43.2 Å². The fourth-order valence-corrected chi connectivity index (χ4v) is 6.27. The van der Waals surface area contributed by atoms with Crippen molar-refractivity contribution >= 4 is 23.4 Å². The maximum atomic E-state index is 13.7. The molecule has 0 unspecified atom stereocenters. The normalized spacial score (nSPS) is 31.6. The molecule has 3 heterocycles. The predicted molar refractivity (Wildman–Crippen MR) is 131 cm³/mol. The predicted octanol–water partition coefficient (Wildman–Crippen LogP) is 2.49. The lowest BCUT2D eigenvalue weighted by atomic mass is 9.74. The summed E-state index contributed by atoms with van der Waals surface area (Å²) < 4.78 is 11.6. The molecule has 1 saturated carbocycles. The lowest BCUT2D eigenvalue weighted by Gasteiger charge is -2.34. The van der Waals surface area contributed by atoms with Gasteiger partial charge in [-0.05, 0) is 49.9 Å². The highest BCUT2D eigenvalue weighted by molar-refractivity contribution is 6.02. The summed E-state index contributed by atoms with van der Waals surface area (Å²) in [5.74, 6) is -2.14. The molecule has 1 aromatic carbocycles. The van der Waals surface area contributed by atoms with Crippen molar-refractivity contribution in [3.8, 4) is 0 Å². The van der Waals surface area contributed by atoms with E-state index in [4.69, 9.17) is 9.47 Å². The quantitative estimate of drug-likeness (QED) is 0.584. The van der Waals surface area contributed by atoms with Crippen LogP contribution < -0.4 is 10.6 Å². The molecule has 8 nitrogen and oxygen atoms in total. The van der Waals surface area contributed by atoms with Crippen molar-refractivity contribution in [1.82, 2.24) is 10.2 Å². The first-order valence-corrected chi connectivity index (χ1v) is 12.7. The SMILES string of the molecule is COCCN1C(=O)[C@H]2[C@@H](C(=O)Nc3ccc(C)c(C)c3)[C@H]3C=C[C@@]2(O3)[C@H]1C(=O)NC1CCCCC1. The highest BCUT2D eigenvalue weighted by Gasteiger charge is 2.72. The Morgan fingerprint density at radius 3 is 2.63 bits per heavy atom. The highest BCUT2D eigenvalue weighted by Crippen LogP contribution is 2.55. The van der Waals surface area contributed by atoms with Gasteiger partial charge in [0.1, 0.15) is 11.6 Å². The Labute approximate surface area is 206 Å². The number of nitrogens with zero attached hydrogens (tertiary/aromatic N) is 1. The fourth-order valence-electron chi connectivity index (χ4n) is 6.27. The molecule has 4 aliphatic rings. The zero-order valence-corrected chi connectivity index (χ0v) is 20.7. The van der Waals surface area contributed by atoms with Crippen LogP contribution in [0.3, 0.4) is 0 Å². The Morgan fingerprint density at radius 2 is 1.91 bits per heavy atom. The molecule has 8 heteroatoms. The lowest BCUT2D eigenvalue weighted by molar-refractivity contribution is -0.142. The number of carbonyl (C=O) groups is 3. The molecule has 1 aromatic rings. The van der Waals surface area contributed by atoms with Crippen molar-refractivity contribution in [1.29, 1.82) is 0 Å². The number of aryl methyl sites for hydroxylation is 2. The first kappa shape index (κ1) is 24.0. The lowest BCUT2D eigenvalue weighted by Crippen LogP contribution is -2.57. The third kappa shape index (κ3) is 4.06. The molecule has 3 amide bonds. The van der Waals surface area contributed by atoms with Crippen LogP contribution in [0.15, 0.2) is 30.4 Å². The van der Waals surface area contributed by atoms with Gasteiger partial charge in [0.25, 0.3) is 0 Å². The molecule has 2 N–H and O–H groups in total. The number of likely N-dealkylation sites (tertiary alicyclic amines) is 1. The number of benzene rings is 1. The molecule has 2 saturated heterocycles. The van der Waals surface area contributed by atoms with Crippen LogP contribution >= 0.6 is 0 Å². The largest absolute Gasteiger partial charge is 0.383 e. The molecule has 0 aromatic heterocycles. The standard InChI is InChI=1S/C27H35N3O5/c1-16-9-10-19(15-17(16)2)29-24(31)21-20-11-12-27(35-20)22(21)26(33)30(13-14-34-3)23(27)25(32)28-18-7-5-4-6-8-18/h9-12,15,18,20-23H,4-8,13-14H2,1-3H3,(H,28,32)(H,29,31)/t20-,21+,22-,23-,27+/m1/s1. The van der Waals surface area contributed by atoms with Crippen molar-refractivity contribution in [3.05, 3.63) is 41.5 Å². The average Bonchev–Trinajstić information content (AvgIpc) is 3.48. The second kappa shape index (κ2) is 9.39. The third-order valence-corrected chi connectivity index (χ3v) is 8.19. The van der Waals surface area contributed by atoms with E-state index in [0.29, 0.717) is 12.3 Å². The van der Waals surface area contributed by atoms with Crippen LogP contribution in [0, 0.1) is 25.7 Å². The fraction of sp³-hybridized carbons (Fsp3) is 0.593. The summed E-state index contributed by atoms with van der Waals surface area (Å²) in [5.41, 5.74) is 1.76. The van der Waals surface area contributed by atoms with Crippen molar-refractivity contribution in [2.75, 3.05) is 25.6 Å². The number of fused-ring (bicyclic) bond motifs is 1. The summed E-state index contributed by atoms with van der Waals surface area (Å²) in [6, 6.07) is 5.04. The maximum absolute atomic E-state index is 13.7. The van der Waals surface area contributed by atoms with Gasteiger partial charge in [0.2, 0.25) is 17.7 Å². The summed E-state index contributed by atoms with van der Waals surface area (Å²) in [4.78, 5) is 42.4. The maximum Gasteiger partial charge on any atom is 0.246 e. The van der Waals surface area contributed by atoms with Gasteiger partial charge in [0, 0.05) is 25.4 Å². The van der Waals surface area contributed by atoms with E-state index in [1.54, 1.807) is 12.0 Å². The van der Waals surface area contributed by atoms with Crippen LogP contribution in [0.25, 0.3) is 0 Å². The molecule has 3 fully saturated rings. The molecule has 5 rings (SSSR count). The van der Waals surface area contributed by atoms with Gasteiger partial charge in [-0.15, -0.1) is 0 Å². The zero-order valence-electron chi connectivity index (χ0n) is 20.7. The monoisotopic (exact) mass is 481 g/mol. The molecular formula is C27H35N3O5. The summed E-state index contributed by atoms with van der Waals surface area (Å²) in [6.07, 6.45) is 8.41. The Bertz CT molecular complexity index is 1050. The summed E-state index contributed by atoms with van der Waals surface area (Å²) in [7, 11) is 1.57. The van der Waals surface area contributed by atoms with E-state index in [1.807, 2.05) is 44.2 Å². The van der Waals surface area contributed by atoms with E-state index in [-0.39, 0.29) is 30.3 Å². The van der Waals surface area contributed by atoms with Gasteiger partial charge in [0.05, 0.1) is 24.5 Å². The molecule has 5 atom stereocenters. The Hall–Kier alpha value is -2.71. The van der Waals surface area contributed by atoms with E-state index in [0.717, 1.165) is 36.8 Å². The molecule has 1 aliphatic carbocycles. The Balaban J connectivity index is 1.42. The van der Waals surface area contributed by atoms with Gasteiger partial charge in [-0.1, -0.05) is 37.5 Å². The van der Waals surface area contributed by atoms with Gasteiger partial charge in [-0.2, -0.15) is 0 Å². The number of methoxy groups -OCH3 is 1.